The molecule has 36 heavy (non-hydrogen) atoms. The number of nitrogens with zero attached hydrogens (tertiary/aromatic N) is 4. The summed E-state index contributed by atoms with van der Waals surface area (Å²) in [4.78, 5) is 10.5. The van der Waals surface area contributed by atoms with Crippen LogP contribution in [0.1, 0.15) is 65.7 Å². The molecule has 3 aliphatic rings. The van der Waals surface area contributed by atoms with E-state index in [1.807, 2.05) is 18.5 Å². The summed E-state index contributed by atoms with van der Waals surface area (Å²) in [5, 5.41) is 4.70. The Morgan fingerprint density at radius 2 is 1.97 bits per heavy atom. The molecular formula is C28H37N7O. The zero-order valence-electron chi connectivity index (χ0n) is 21.6. The minimum absolute atomic E-state index is 0.484. The number of aromatic amines is 1. The van der Waals surface area contributed by atoms with Crippen molar-refractivity contribution >= 4 is 17.6 Å². The van der Waals surface area contributed by atoms with Gasteiger partial charge in [-0.1, -0.05) is 0 Å². The van der Waals surface area contributed by atoms with E-state index in [4.69, 9.17) is 26.3 Å². The number of nitrogen functional groups attached to an aromatic ring is 1. The van der Waals surface area contributed by atoms with Crippen LogP contribution in [0.25, 0.3) is 22.9 Å². The van der Waals surface area contributed by atoms with Crippen molar-refractivity contribution in [1.29, 1.82) is 0 Å². The van der Waals surface area contributed by atoms with Gasteiger partial charge in [-0.25, -0.2) is 0 Å². The van der Waals surface area contributed by atoms with E-state index < -0.39 is 0 Å². The van der Waals surface area contributed by atoms with Crippen molar-refractivity contribution in [3.05, 3.63) is 52.7 Å². The van der Waals surface area contributed by atoms with Crippen molar-refractivity contribution in [2.45, 2.75) is 51.5 Å². The molecule has 0 unspecified atom stereocenters. The van der Waals surface area contributed by atoms with Gasteiger partial charge in [-0.15, -0.1) is 0 Å². The molecule has 6 rings (SSSR count). The average Bonchev–Trinajstić information content (AvgIpc) is 3.42. The Morgan fingerprint density at radius 1 is 1.22 bits per heavy atom. The highest BCUT2D eigenvalue weighted by molar-refractivity contribution is 5.89. The number of pyridine rings is 1. The summed E-state index contributed by atoms with van der Waals surface area (Å²) in [5.74, 6) is 1.10. The van der Waals surface area contributed by atoms with E-state index in [0.717, 1.165) is 54.1 Å². The SMILES string of the molecule is Cc1cc(/C(N)=C/c2c(-c3cnn(C4CC5(C4)CN(C)C5)c3)c[nH]c2N)nc(C)c1C1CCOCC1. The number of nitrogens with one attached hydrogen (secondary N) is 1. The maximum absolute atomic E-state index is 6.60. The molecule has 3 aromatic heterocycles. The quantitative estimate of drug-likeness (QED) is 0.500. The fourth-order valence-corrected chi connectivity index (χ4v) is 6.83. The van der Waals surface area contributed by atoms with Gasteiger partial charge in [-0.3, -0.25) is 9.67 Å². The van der Waals surface area contributed by atoms with Gasteiger partial charge in [0.15, 0.2) is 0 Å². The molecule has 190 valence electrons. The summed E-state index contributed by atoms with van der Waals surface area (Å²) in [5.41, 5.74) is 21.4. The van der Waals surface area contributed by atoms with Gasteiger partial charge in [0.1, 0.15) is 5.82 Å². The lowest BCUT2D eigenvalue weighted by molar-refractivity contribution is -0.0786. The number of likely N-dealkylation sites (tertiary alicyclic amines) is 1. The van der Waals surface area contributed by atoms with E-state index in [1.165, 1.54) is 37.1 Å². The second kappa shape index (κ2) is 8.78. The number of rotatable bonds is 5. The first-order chi connectivity index (χ1) is 17.3. The normalized spacial score (nSPS) is 21.0. The molecule has 1 saturated carbocycles. The van der Waals surface area contributed by atoms with E-state index in [0.29, 0.717) is 28.9 Å². The van der Waals surface area contributed by atoms with Crippen LogP contribution in [0.15, 0.2) is 24.7 Å². The molecule has 0 radical (unpaired) electrons. The number of hydrogen-bond acceptors (Lipinski definition) is 6. The van der Waals surface area contributed by atoms with Gasteiger partial charge >= 0.3 is 0 Å². The van der Waals surface area contributed by atoms with E-state index in [2.05, 4.69) is 47.7 Å². The van der Waals surface area contributed by atoms with Crippen LogP contribution in [0.5, 0.6) is 0 Å². The third kappa shape index (κ3) is 4.02. The highest BCUT2D eigenvalue weighted by atomic mass is 16.5. The lowest BCUT2D eigenvalue weighted by Crippen LogP contribution is -2.60. The monoisotopic (exact) mass is 487 g/mol. The molecule has 2 aliphatic heterocycles. The van der Waals surface area contributed by atoms with Crippen molar-refractivity contribution in [2.75, 3.05) is 39.1 Å². The molecule has 8 nitrogen and oxygen atoms in total. The second-order valence-corrected chi connectivity index (χ2v) is 11.3. The molecule has 5 N–H and O–H groups in total. The number of aryl methyl sites for hydroxylation is 2. The Bertz CT molecular complexity index is 1280. The molecule has 3 fully saturated rings. The Hall–Kier alpha value is -3.10. The van der Waals surface area contributed by atoms with Crippen LogP contribution in [0.3, 0.4) is 0 Å². The highest BCUT2D eigenvalue weighted by Gasteiger charge is 2.51. The van der Waals surface area contributed by atoms with E-state index in [9.17, 15) is 0 Å². The fraction of sp³-hybridized carbons (Fsp3) is 0.500. The van der Waals surface area contributed by atoms with Crippen molar-refractivity contribution in [3.63, 3.8) is 0 Å². The zero-order chi connectivity index (χ0) is 25.0. The van der Waals surface area contributed by atoms with E-state index >= 15 is 0 Å². The van der Waals surface area contributed by atoms with E-state index in [1.54, 1.807) is 0 Å². The van der Waals surface area contributed by atoms with Gasteiger partial charge in [0.2, 0.25) is 0 Å². The Labute approximate surface area is 212 Å². The molecule has 5 heterocycles. The number of aromatic nitrogens is 4. The number of anilines is 1. The van der Waals surface area contributed by atoms with Crippen LogP contribution < -0.4 is 11.5 Å². The molecule has 0 aromatic carbocycles. The maximum Gasteiger partial charge on any atom is 0.108 e. The Balaban J connectivity index is 1.24. The Morgan fingerprint density at radius 3 is 2.67 bits per heavy atom. The number of nitrogens with two attached hydrogens (primary N) is 2. The standard InChI is InChI=1S/C28H37N7O/c1-17-8-25(33-18(2)26(17)19-4-6-36-7-5-19)24(29)9-22-23(13-31-27(22)30)20-12-32-35(14-20)21-10-28(11-21)15-34(3)16-28/h8-9,12-14,19,21,31H,4-7,10-11,15-16,29-30H2,1-3H3/b24-9-. The third-order valence-electron chi connectivity index (χ3n) is 8.47. The molecule has 2 saturated heterocycles. The van der Waals surface area contributed by atoms with E-state index in [-0.39, 0.29) is 0 Å². The topological polar surface area (TPSA) is 111 Å². The molecule has 1 spiro atoms. The second-order valence-electron chi connectivity index (χ2n) is 11.3. The van der Waals surface area contributed by atoms with Crippen molar-refractivity contribution in [2.24, 2.45) is 11.1 Å². The first-order valence-corrected chi connectivity index (χ1v) is 13.1. The lowest BCUT2D eigenvalue weighted by Gasteiger charge is -2.58. The summed E-state index contributed by atoms with van der Waals surface area (Å²) >= 11 is 0. The maximum atomic E-state index is 6.60. The van der Waals surface area contributed by atoms with Gasteiger partial charge in [0, 0.05) is 61.1 Å². The predicted molar refractivity (Wildman–Crippen MR) is 143 cm³/mol. The van der Waals surface area contributed by atoms with Crippen molar-refractivity contribution < 1.29 is 4.74 Å². The predicted octanol–water partition coefficient (Wildman–Crippen LogP) is 4.09. The number of H-pyrrole nitrogens is 1. The minimum Gasteiger partial charge on any atom is -0.397 e. The number of ether oxygens (including phenoxy) is 1. The first kappa shape index (κ1) is 23.3. The molecule has 8 heteroatoms. The number of hydrogen-bond donors (Lipinski definition) is 3. The van der Waals surface area contributed by atoms with Gasteiger partial charge in [0.25, 0.3) is 0 Å². The minimum atomic E-state index is 0.484. The van der Waals surface area contributed by atoms with Crippen molar-refractivity contribution in [3.8, 4) is 11.1 Å². The Kier molecular flexibility index (Phi) is 5.68. The molecule has 0 bridgehead atoms. The van der Waals surface area contributed by atoms with Crippen LogP contribution >= 0.6 is 0 Å². The highest BCUT2D eigenvalue weighted by Crippen LogP contribution is 2.53. The van der Waals surface area contributed by atoms with Gasteiger partial charge in [-0.05, 0) is 81.2 Å². The van der Waals surface area contributed by atoms with Gasteiger partial charge in [-0.2, -0.15) is 5.10 Å². The first-order valence-electron chi connectivity index (χ1n) is 13.1. The molecule has 0 amide bonds. The molecule has 1 aliphatic carbocycles. The summed E-state index contributed by atoms with van der Waals surface area (Å²) in [6.07, 6.45) is 12.5. The third-order valence-corrected chi connectivity index (χ3v) is 8.47. The van der Waals surface area contributed by atoms with Crippen LogP contribution in [0.4, 0.5) is 5.82 Å². The zero-order valence-corrected chi connectivity index (χ0v) is 21.6. The molecule has 0 atom stereocenters. The summed E-state index contributed by atoms with van der Waals surface area (Å²) < 4.78 is 7.68. The molecule has 3 aromatic rings. The lowest BCUT2D eigenvalue weighted by atomic mass is 9.61. The smallest absolute Gasteiger partial charge is 0.108 e. The summed E-state index contributed by atoms with van der Waals surface area (Å²) in [6.45, 7) is 8.31. The average molecular weight is 488 g/mol. The fourth-order valence-electron chi connectivity index (χ4n) is 6.83. The van der Waals surface area contributed by atoms with Crippen LogP contribution in [-0.4, -0.2) is 58.0 Å². The van der Waals surface area contributed by atoms with Crippen LogP contribution in [-0.2, 0) is 4.74 Å². The molecular weight excluding hydrogens is 450 g/mol. The van der Waals surface area contributed by atoms with Crippen LogP contribution in [0, 0.1) is 19.3 Å². The summed E-state index contributed by atoms with van der Waals surface area (Å²) in [7, 11) is 2.19. The van der Waals surface area contributed by atoms with Crippen LogP contribution in [0.2, 0.25) is 0 Å². The van der Waals surface area contributed by atoms with Gasteiger partial charge in [0.05, 0.1) is 23.6 Å². The summed E-state index contributed by atoms with van der Waals surface area (Å²) in [6, 6.07) is 2.59. The van der Waals surface area contributed by atoms with Crippen molar-refractivity contribution in [1.82, 2.24) is 24.6 Å². The largest absolute Gasteiger partial charge is 0.397 e. The van der Waals surface area contributed by atoms with Gasteiger partial charge < -0.3 is 26.1 Å².